The molecule has 0 bridgehead atoms. The maximum Gasteiger partial charge on any atom is 0.142 e. The Morgan fingerprint density at radius 3 is 2.84 bits per heavy atom. The van der Waals surface area contributed by atoms with Crippen molar-refractivity contribution in [1.82, 2.24) is 5.32 Å². The summed E-state index contributed by atoms with van der Waals surface area (Å²) < 4.78 is 5.94. The average molecular weight is 262 g/mol. The molecule has 106 valence electrons. The van der Waals surface area contributed by atoms with Crippen molar-refractivity contribution in [2.24, 2.45) is 0 Å². The van der Waals surface area contributed by atoms with Crippen LogP contribution in [0.5, 0.6) is 5.75 Å². The van der Waals surface area contributed by atoms with Crippen LogP contribution in [0.1, 0.15) is 33.6 Å². The summed E-state index contributed by atoms with van der Waals surface area (Å²) in [7, 11) is 0. The number of ether oxygens (including phenoxy) is 1. The normalized spacial score (nSPS) is 21.1. The summed E-state index contributed by atoms with van der Waals surface area (Å²) in [4.78, 5) is 2.47. The third-order valence-corrected chi connectivity index (χ3v) is 3.50. The van der Waals surface area contributed by atoms with E-state index in [2.05, 4.69) is 55.3 Å². The van der Waals surface area contributed by atoms with Crippen molar-refractivity contribution in [2.45, 2.75) is 45.8 Å². The van der Waals surface area contributed by atoms with Crippen LogP contribution in [0.15, 0.2) is 24.3 Å². The molecule has 1 saturated heterocycles. The van der Waals surface area contributed by atoms with Crippen molar-refractivity contribution < 1.29 is 4.74 Å². The van der Waals surface area contributed by atoms with Crippen LogP contribution in [-0.2, 0) is 0 Å². The Balaban J connectivity index is 2.14. The maximum absolute atomic E-state index is 5.94. The summed E-state index contributed by atoms with van der Waals surface area (Å²) >= 11 is 0. The molecule has 0 amide bonds. The Kier molecular flexibility index (Phi) is 5.08. The summed E-state index contributed by atoms with van der Waals surface area (Å²) in [5, 5.41) is 3.55. The first-order valence-electron chi connectivity index (χ1n) is 7.41. The Morgan fingerprint density at radius 1 is 1.26 bits per heavy atom. The van der Waals surface area contributed by atoms with Crippen LogP contribution < -0.4 is 15.0 Å². The highest BCUT2D eigenvalue weighted by atomic mass is 16.5. The van der Waals surface area contributed by atoms with Gasteiger partial charge in [0, 0.05) is 19.1 Å². The average Bonchev–Trinajstić information content (AvgIpc) is 2.35. The van der Waals surface area contributed by atoms with Crippen molar-refractivity contribution in [3.63, 3.8) is 0 Å². The number of hydrogen-bond donors (Lipinski definition) is 1. The lowest BCUT2D eigenvalue weighted by molar-refractivity contribution is 0.242. The molecule has 1 N–H and O–H groups in total. The van der Waals surface area contributed by atoms with Crippen molar-refractivity contribution in [1.29, 1.82) is 0 Å². The van der Waals surface area contributed by atoms with E-state index in [4.69, 9.17) is 4.74 Å². The van der Waals surface area contributed by atoms with Gasteiger partial charge in [0.2, 0.25) is 0 Å². The number of para-hydroxylation sites is 2. The minimum absolute atomic E-state index is 0.219. The van der Waals surface area contributed by atoms with E-state index in [-0.39, 0.29) is 6.10 Å². The highest BCUT2D eigenvalue weighted by Gasteiger charge is 2.16. The van der Waals surface area contributed by atoms with E-state index in [0.717, 1.165) is 25.4 Å². The Bertz CT molecular complexity index is 392. The predicted molar refractivity (Wildman–Crippen MR) is 81.1 cm³/mol. The zero-order chi connectivity index (χ0) is 13.7. The molecule has 0 aliphatic carbocycles. The highest BCUT2D eigenvalue weighted by Crippen LogP contribution is 2.29. The minimum atomic E-state index is 0.219. The predicted octanol–water partition coefficient (Wildman–Crippen LogP) is 3.05. The van der Waals surface area contributed by atoms with Crippen LogP contribution in [0.4, 0.5) is 5.69 Å². The van der Waals surface area contributed by atoms with Crippen LogP contribution in [0.25, 0.3) is 0 Å². The molecule has 1 atom stereocenters. The molecular weight excluding hydrogens is 236 g/mol. The monoisotopic (exact) mass is 262 g/mol. The third-order valence-electron chi connectivity index (χ3n) is 3.50. The fourth-order valence-electron chi connectivity index (χ4n) is 2.49. The molecule has 1 aliphatic heterocycles. The van der Waals surface area contributed by atoms with E-state index in [1.165, 1.54) is 18.5 Å². The third kappa shape index (κ3) is 4.13. The topological polar surface area (TPSA) is 24.5 Å². The summed E-state index contributed by atoms with van der Waals surface area (Å²) in [6, 6.07) is 9.01. The molecule has 1 aromatic carbocycles. The molecule has 0 radical (unpaired) electrons. The van der Waals surface area contributed by atoms with Gasteiger partial charge in [0.25, 0.3) is 0 Å². The zero-order valence-corrected chi connectivity index (χ0v) is 12.4. The van der Waals surface area contributed by atoms with Gasteiger partial charge in [-0.1, -0.05) is 12.1 Å². The molecular formula is C16H26N2O. The lowest BCUT2D eigenvalue weighted by Crippen LogP contribution is -2.38. The van der Waals surface area contributed by atoms with E-state index in [9.17, 15) is 0 Å². The van der Waals surface area contributed by atoms with Crippen LogP contribution in [0, 0.1) is 0 Å². The molecule has 0 aromatic heterocycles. The molecule has 1 aromatic rings. The van der Waals surface area contributed by atoms with Gasteiger partial charge < -0.3 is 15.0 Å². The Morgan fingerprint density at radius 2 is 2.05 bits per heavy atom. The summed E-state index contributed by atoms with van der Waals surface area (Å²) in [6.45, 7) is 9.71. The summed E-state index contributed by atoms with van der Waals surface area (Å²) in [6.07, 6.45) is 2.58. The highest BCUT2D eigenvalue weighted by molar-refractivity contribution is 5.58. The van der Waals surface area contributed by atoms with Crippen LogP contribution in [0.2, 0.25) is 0 Å². The fourth-order valence-corrected chi connectivity index (χ4v) is 2.49. The summed E-state index contributed by atoms with van der Waals surface area (Å²) in [5.74, 6) is 1.01. The first kappa shape index (κ1) is 14.2. The van der Waals surface area contributed by atoms with Gasteiger partial charge in [-0.05, 0) is 52.3 Å². The SMILES string of the molecule is CC1CCN(c2ccccc2OC(C)C)CCCN1. The molecule has 0 spiro atoms. The van der Waals surface area contributed by atoms with Gasteiger partial charge >= 0.3 is 0 Å². The van der Waals surface area contributed by atoms with Crippen LogP contribution in [0.3, 0.4) is 0 Å². The number of hydrogen-bond acceptors (Lipinski definition) is 3. The van der Waals surface area contributed by atoms with Gasteiger partial charge in [-0.15, -0.1) is 0 Å². The second-order valence-corrected chi connectivity index (χ2v) is 5.62. The Hall–Kier alpha value is -1.22. The van der Waals surface area contributed by atoms with Gasteiger partial charge in [0.05, 0.1) is 11.8 Å². The molecule has 1 heterocycles. The van der Waals surface area contributed by atoms with Gasteiger partial charge in [0.15, 0.2) is 0 Å². The van der Waals surface area contributed by atoms with Gasteiger partial charge in [0.1, 0.15) is 5.75 Å². The number of anilines is 1. The van der Waals surface area contributed by atoms with E-state index >= 15 is 0 Å². The van der Waals surface area contributed by atoms with Gasteiger partial charge in [-0.2, -0.15) is 0 Å². The van der Waals surface area contributed by atoms with Crippen LogP contribution >= 0.6 is 0 Å². The molecule has 19 heavy (non-hydrogen) atoms. The molecule has 2 rings (SSSR count). The molecule has 3 heteroatoms. The van der Waals surface area contributed by atoms with E-state index in [1.807, 2.05) is 0 Å². The van der Waals surface area contributed by atoms with Gasteiger partial charge in [-0.25, -0.2) is 0 Å². The minimum Gasteiger partial charge on any atom is -0.489 e. The number of benzene rings is 1. The van der Waals surface area contributed by atoms with Crippen molar-refractivity contribution >= 4 is 5.69 Å². The maximum atomic E-state index is 5.94. The summed E-state index contributed by atoms with van der Waals surface area (Å²) in [5.41, 5.74) is 1.24. The van der Waals surface area contributed by atoms with Crippen molar-refractivity contribution in [2.75, 3.05) is 24.5 Å². The smallest absolute Gasteiger partial charge is 0.142 e. The lowest BCUT2D eigenvalue weighted by Gasteiger charge is -2.31. The second-order valence-electron chi connectivity index (χ2n) is 5.62. The Labute approximate surface area is 116 Å². The fraction of sp³-hybridized carbons (Fsp3) is 0.625. The molecule has 0 saturated carbocycles. The van der Waals surface area contributed by atoms with E-state index in [0.29, 0.717) is 6.04 Å². The van der Waals surface area contributed by atoms with Crippen molar-refractivity contribution in [3.05, 3.63) is 24.3 Å². The van der Waals surface area contributed by atoms with Gasteiger partial charge in [-0.3, -0.25) is 0 Å². The van der Waals surface area contributed by atoms with Crippen LogP contribution in [-0.4, -0.2) is 31.8 Å². The first-order valence-corrected chi connectivity index (χ1v) is 7.41. The van der Waals surface area contributed by atoms with E-state index in [1.54, 1.807) is 0 Å². The number of rotatable bonds is 3. The standard InChI is InChI=1S/C16H26N2O/c1-13(2)19-16-8-5-4-7-15(16)18-11-6-10-17-14(3)9-12-18/h4-5,7-8,13-14,17H,6,9-12H2,1-3H3. The number of nitrogens with zero attached hydrogens (tertiary/aromatic N) is 1. The first-order chi connectivity index (χ1) is 9.16. The quantitative estimate of drug-likeness (QED) is 0.906. The molecule has 3 nitrogen and oxygen atoms in total. The zero-order valence-electron chi connectivity index (χ0n) is 12.4. The van der Waals surface area contributed by atoms with Crippen molar-refractivity contribution in [3.8, 4) is 5.75 Å². The lowest BCUT2D eigenvalue weighted by atomic mass is 10.1. The largest absolute Gasteiger partial charge is 0.489 e. The number of nitrogens with one attached hydrogen (secondary N) is 1. The molecule has 1 unspecified atom stereocenters. The van der Waals surface area contributed by atoms with E-state index < -0.39 is 0 Å². The molecule has 1 fully saturated rings. The second kappa shape index (κ2) is 6.80. The molecule has 1 aliphatic rings.